The van der Waals surface area contributed by atoms with Gasteiger partial charge in [-0.15, -0.1) is 0 Å². The quantitative estimate of drug-likeness (QED) is 0.843. The molecule has 0 amide bonds. The number of likely N-dealkylation sites (N-methyl/N-ethyl adjacent to an activating group) is 1. The second-order valence-corrected chi connectivity index (χ2v) is 7.46. The van der Waals surface area contributed by atoms with Crippen LogP contribution in [0.25, 0.3) is 0 Å². The highest BCUT2D eigenvalue weighted by Gasteiger charge is 2.34. The molecule has 0 aliphatic heterocycles. The number of nitrogens with one attached hydrogen (secondary N) is 1. The molecule has 0 radical (unpaired) electrons. The van der Waals surface area contributed by atoms with Crippen LogP contribution in [0.1, 0.15) is 56.1 Å². The molecule has 4 atom stereocenters. The molecule has 21 heavy (non-hydrogen) atoms. The zero-order chi connectivity index (χ0) is 14.7. The van der Waals surface area contributed by atoms with Gasteiger partial charge in [0.15, 0.2) is 0 Å². The van der Waals surface area contributed by atoms with Gasteiger partial charge in [0.05, 0.1) is 0 Å². The van der Waals surface area contributed by atoms with Gasteiger partial charge < -0.3 is 5.32 Å². The molecule has 2 fully saturated rings. The summed E-state index contributed by atoms with van der Waals surface area (Å²) in [5.41, 5.74) is 2.85. The Bertz CT molecular complexity index is 436. The van der Waals surface area contributed by atoms with Crippen LogP contribution in [0.5, 0.6) is 0 Å². The van der Waals surface area contributed by atoms with Gasteiger partial charge in [-0.2, -0.15) is 0 Å². The summed E-state index contributed by atoms with van der Waals surface area (Å²) in [6, 6.07) is 9.79. The number of rotatable bonds is 4. The van der Waals surface area contributed by atoms with Gasteiger partial charge in [-0.25, -0.2) is 0 Å². The van der Waals surface area contributed by atoms with Crippen molar-refractivity contribution < 1.29 is 0 Å². The molecule has 0 bridgehead atoms. The smallest absolute Gasteiger partial charge is 0.0133 e. The van der Waals surface area contributed by atoms with Crippen molar-refractivity contribution in [1.82, 2.24) is 5.32 Å². The Hall–Kier alpha value is -0.820. The first kappa shape index (κ1) is 15.1. The van der Waals surface area contributed by atoms with Crippen molar-refractivity contribution in [2.75, 3.05) is 7.05 Å². The Labute approximate surface area is 130 Å². The number of benzene rings is 1. The SMILES string of the molecule is CNC(Cc1ccc(C)cc1)C1CCC2CCCCC2C1. The lowest BCUT2D eigenvalue weighted by Gasteiger charge is -2.42. The number of hydrogen-bond donors (Lipinski definition) is 1. The van der Waals surface area contributed by atoms with Gasteiger partial charge in [0.2, 0.25) is 0 Å². The molecule has 2 aliphatic rings. The zero-order valence-electron chi connectivity index (χ0n) is 13.8. The largest absolute Gasteiger partial charge is 0.316 e. The fourth-order valence-corrected chi connectivity index (χ4v) is 4.76. The summed E-state index contributed by atoms with van der Waals surface area (Å²) in [4.78, 5) is 0. The van der Waals surface area contributed by atoms with E-state index in [2.05, 4.69) is 43.6 Å². The van der Waals surface area contributed by atoms with E-state index in [1.54, 1.807) is 0 Å². The van der Waals surface area contributed by atoms with Crippen LogP contribution in [0.3, 0.4) is 0 Å². The van der Waals surface area contributed by atoms with Gasteiger partial charge in [0.25, 0.3) is 0 Å². The maximum Gasteiger partial charge on any atom is 0.0133 e. The van der Waals surface area contributed by atoms with E-state index in [0.717, 1.165) is 17.8 Å². The van der Waals surface area contributed by atoms with E-state index >= 15 is 0 Å². The fourth-order valence-electron chi connectivity index (χ4n) is 4.76. The van der Waals surface area contributed by atoms with E-state index in [9.17, 15) is 0 Å². The molecule has 4 unspecified atom stereocenters. The third kappa shape index (κ3) is 3.69. The molecular weight excluding hydrogens is 254 g/mol. The van der Waals surface area contributed by atoms with Crippen LogP contribution < -0.4 is 5.32 Å². The molecule has 1 nitrogen and oxygen atoms in total. The molecule has 0 spiro atoms. The van der Waals surface area contributed by atoms with Gasteiger partial charge in [-0.05, 0) is 63.0 Å². The highest BCUT2D eigenvalue weighted by Crippen LogP contribution is 2.43. The van der Waals surface area contributed by atoms with Crippen LogP contribution in [0.15, 0.2) is 24.3 Å². The van der Waals surface area contributed by atoms with Crippen LogP contribution in [-0.4, -0.2) is 13.1 Å². The first-order valence-corrected chi connectivity index (χ1v) is 8.99. The van der Waals surface area contributed by atoms with Crippen molar-refractivity contribution in [3.8, 4) is 0 Å². The van der Waals surface area contributed by atoms with E-state index in [4.69, 9.17) is 0 Å². The molecule has 3 rings (SSSR count). The predicted octanol–water partition coefficient (Wildman–Crippen LogP) is 4.73. The summed E-state index contributed by atoms with van der Waals surface area (Å²) in [5, 5.41) is 3.63. The Kier molecular flexibility index (Phi) is 5.00. The first-order valence-electron chi connectivity index (χ1n) is 8.99. The van der Waals surface area contributed by atoms with Gasteiger partial charge in [0, 0.05) is 6.04 Å². The highest BCUT2D eigenvalue weighted by atomic mass is 14.9. The molecule has 2 saturated carbocycles. The lowest BCUT2D eigenvalue weighted by Crippen LogP contribution is -2.40. The van der Waals surface area contributed by atoms with Gasteiger partial charge in [0.1, 0.15) is 0 Å². The monoisotopic (exact) mass is 285 g/mol. The van der Waals surface area contributed by atoms with Crippen molar-refractivity contribution in [2.45, 2.75) is 64.3 Å². The van der Waals surface area contributed by atoms with Crippen LogP contribution >= 0.6 is 0 Å². The first-order chi connectivity index (χ1) is 10.3. The average Bonchev–Trinajstić information content (AvgIpc) is 2.54. The lowest BCUT2D eigenvalue weighted by molar-refractivity contribution is 0.111. The summed E-state index contributed by atoms with van der Waals surface area (Å²) in [5.74, 6) is 2.98. The zero-order valence-corrected chi connectivity index (χ0v) is 13.8. The van der Waals surface area contributed by atoms with Gasteiger partial charge >= 0.3 is 0 Å². The van der Waals surface area contributed by atoms with Crippen LogP contribution in [-0.2, 0) is 6.42 Å². The minimum atomic E-state index is 0.663. The molecule has 1 N–H and O–H groups in total. The molecule has 0 aromatic heterocycles. The molecule has 0 saturated heterocycles. The summed E-state index contributed by atoms with van der Waals surface area (Å²) in [7, 11) is 2.16. The van der Waals surface area contributed by atoms with Crippen molar-refractivity contribution in [2.24, 2.45) is 17.8 Å². The molecule has 1 aromatic carbocycles. The summed E-state index contributed by atoms with van der Waals surface area (Å²) >= 11 is 0. The number of aryl methyl sites for hydroxylation is 1. The van der Waals surface area contributed by atoms with E-state index in [1.165, 1.54) is 62.5 Å². The normalized spacial score (nSPS) is 30.7. The molecule has 2 aliphatic carbocycles. The summed E-state index contributed by atoms with van der Waals surface area (Å²) < 4.78 is 0. The summed E-state index contributed by atoms with van der Waals surface area (Å²) in [6.07, 6.45) is 11.6. The van der Waals surface area contributed by atoms with Crippen molar-refractivity contribution in [1.29, 1.82) is 0 Å². The maximum atomic E-state index is 3.63. The van der Waals surface area contributed by atoms with Crippen LogP contribution in [0, 0.1) is 24.7 Å². The van der Waals surface area contributed by atoms with Gasteiger partial charge in [-0.1, -0.05) is 55.5 Å². The van der Waals surface area contributed by atoms with Crippen LogP contribution in [0.4, 0.5) is 0 Å². The van der Waals surface area contributed by atoms with Crippen molar-refractivity contribution in [3.05, 3.63) is 35.4 Å². The average molecular weight is 285 g/mol. The third-order valence-electron chi connectivity index (χ3n) is 6.10. The molecule has 116 valence electrons. The second kappa shape index (κ2) is 6.96. The Morgan fingerprint density at radius 3 is 2.43 bits per heavy atom. The molecule has 0 heterocycles. The maximum absolute atomic E-state index is 3.63. The Balaban J connectivity index is 1.61. The van der Waals surface area contributed by atoms with Crippen LogP contribution in [0.2, 0.25) is 0 Å². The molecule has 1 aromatic rings. The third-order valence-corrected chi connectivity index (χ3v) is 6.10. The summed E-state index contributed by atoms with van der Waals surface area (Å²) in [6.45, 7) is 2.17. The fraction of sp³-hybridized carbons (Fsp3) is 0.700. The predicted molar refractivity (Wildman–Crippen MR) is 90.5 cm³/mol. The Morgan fingerprint density at radius 1 is 1.00 bits per heavy atom. The van der Waals surface area contributed by atoms with E-state index in [0.29, 0.717) is 6.04 Å². The topological polar surface area (TPSA) is 12.0 Å². The van der Waals surface area contributed by atoms with Crippen molar-refractivity contribution in [3.63, 3.8) is 0 Å². The second-order valence-electron chi connectivity index (χ2n) is 7.46. The molecular formula is C20H31N. The number of fused-ring (bicyclic) bond motifs is 1. The standard InChI is InChI=1S/C20H31N/c1-15-7-9-16(10-8-15)13-20(21-2)19-12-11-17-5-3-4-6-18(17)14-19/h7-10,17-21H,3-6,11-14H2,1-2H3. The van der Waals surface area contributed by atoms with E-state index in [-0.39, 0.29) is 0 Å². The minimum Gasteiger partial charge on any atom is -0.316 e. The van der Waals surface area contributed by atoms with E-state index < -0.39 is 0 Å². The minimum absolute atomic E-state index is 0.663. The number of hydrogen-bond acceptors (Lipinski definition) is 1. The lowest BCUT2D eigenvalue weighted by atomic mass is 9.65. The van der Waals surface area contributed by atoms with Gasteiger partial charge in [-0.3, -0.25) is 0 Å². The Morgan fingerprint density at radius 2 is 1.71 bits per heavy atom. The molecule has 1 heteroatoms. The highest BCUT2D eigenvalue weighted by molar-refractivity contribution is 5.22. The van der Waals surface area contributed by atoms with E-state index in [1.807, 2.05) is 0 Å². The van der Waals surface area contributed by atoms with Crippen molar-refractivity contribution >= 4 is 0 Å².